The van der Waals surface area contributed by atoms with E-state index in [1.165, 1.54) is 13.3 Å². The van der Waals surface area contributed by atoms with Gasteiger partial charge in [0.05, 0.1) is 24.6 Å². The molecule has 19 heavy (non-hydrogen) atoms. The van der Waals surface area contributed by atoms with E-state index in [2.05, 4.69) is 22.5 Å². The van der Waals surface area contributed by atoms with Crippen molar-refractivity contribution in [2.24, 2.45) is 0 Å². The van der Waals surface area contributed by atoms with E-state index < -0.39 is 9.05 Å². The smallest absolute Gasteiger partial charge is 0.263 e. The molecular formula is C12H11BrClNO3S. The second-order valence-electron chi connectivity index (χ2n) is 3.93. The van der Waals surface area contributed by atoms with Crippen LogP contribution >= 0.6 is 26.6 Å². The number of allylic oxidation sites excluding steroid dienone is 1. The Kier molecular flexibility index (Phi) is 3.94. The number of hydrogen-bond acceptors (Lipinski definition) is 3. The minimum absolute atomic E-state index is 0.0374. The van der Waals surface area contributed by atoms with E-state index in [0.29, 0.717) is 17.7 Å². The zero-order valence-electron chi connectivity index (χ0n) is 10.1. The Morgan fingerprint density at radius 1 is 1.53 bits per heavy atom. The molecule has 2 rings (SSSR count). The summed E-state index contributed by atoms with van der Waals surface area (Å²) in [5.74, 6) is 0.468. The van der Waals surface area contributed by atoms with Crippen LogP contribution in [0.4, 0.5) is 0 Å². The number of rotatable bonds is 4. The molecular weight excluding hydrogens is 354 g/mol. The van der Waals surface area contributed by atoms with Crippen molar-refractivity contribution in [3.8, 4) is 5.75 Å². The third kappa shape index (κ3) is 2.80. The lowest BCUT2D eigenvalue weighted by Gasteiger charge is -2.05. The van der Waals surface area contributed by atoms with Crippen molar-refractivity contribution < 1.29 is 13.2 Å². The van der Waals surface area contributed by atoms with Crippen molar-refractivity contribution in [3.05, 3.63) is 35.5 Å². The van der Waals surface area contributed by atoms with Gasteiger partial charge in [-0.2, -0.15) is 0 Å². The van der Waals surface area contributed by atoms with Crippen LogP contribution in [0, 0.1) is 0 Å². The predicted molar refractivity (Wildman–Crippen MR) is 79.6 cm³/mol. The number of benzene rings is 1. The summed E-state index contributed by atoms with van der Waals surface area (Å²) in [6.07, 6.45) is 1.49. The van der Waals surface area contributed by atoms with E-state index in [1.807, 2.05) is 0 Å². The maximum Gasteiger partial charge on any atom is 0.263 e. The third-order valence-corrected chi connectivity index (χ3v) is 4.24. The standard InChI is InChI=1S/C12H11BrClNO3S/c1-8(13)6-15-7-11(19(14,16)17)12-9(15)4-3-5-10(12)18-2/h3-5,7H,1,6H2,2H3. The normalized spacial score (nSPS) is 11.7. The van der Waals surface area contributed by atoms with Crippen LogP contribution in [0.15, 0.2) is 40.4 Å². The highest BCUT2D eigenvalue weighted by Crippen LogP contribution is 2.35. The first-order valence-electron chi connectivity index (χ1n) is 5.28. The second kappa shape index (κ2) is 5.19. The van der Waals surface area contributed by atoms with Crippen molar-refractivity contribution in [1.82, 2.24) is 4.57 Å². The van der Waals surface area contributed by atoms with Crippen LogP contribution in [-0.2, 0) is 15.6 Å². The van der Waals surface area contributed by atoms with Gasteiger partial charge in [-0.1, -0.05) is 28.6 Å². The van der Waals surface area contributed by atoms with E-state index in [1.54, 1.807) is 22.8 Å². The molecule has 0 aliphatic rings. The molecule has 0 saturated heterocycles. The topological polar surface area (TPSA) is 48.3 Å². The number of nitrogens with zero attached hydrogens (tertiary/aromatic N) is 1. The SMILES string of the molecule is C=C(Br)Cn1cc(S(=O)(=O)Cl)c2c(OC)cccc21. The van der Waals surface area contributed by atoms with Gasteiger partial charge in [-0.25, -0.2) is 8.42 Å². The quantitative estimate of drug-likeness (QED) is 0.780. The highest BCUT2D eigenvalue weighted by molar-refractivity contribution is 9.11. The fourth-order valence-corrected chi connectivity index (χ4v) is 3.28. The molecule has 1 heterocycles. The summed E-state index contributed by atoms with van der Waals surface area (Å²) in [5, 5.41) is 0.480. The lowest BCUT2D eigenvalue weighted by molar-refractivity contribution is 0.419. The fraction of sp³-hybridized carbons (Fsp3) is 0.167. The molecule has 102 valence electrons. The molecule has 0 saturated carbocycles. The highest BCUT2D eigenvalue weighted by atomic mass is 79.9. The Balaban J connectivity index is 2.85. The van der Waals surface area contributed by atoms with Gasteiger partial charge in [-0.15, -0.1) is 0 Å². The van der Waals surface area contributed by atoms with Crippen LogP contribution < -0.4 is 4.74 Å². The number of hydrogen-bond donors (Lipinski definition) is 0. The molecule has 0 unspecified atom stereocenters. The molecule has 0 amide bonds. The van der Waals surface area contributed by atoms with Gasteiger partial charge in [0, 0.05) is 21.4 Å². The van der Waals surface area contributed by atoms with Gasteiger partial charge in [0.2, 0.25) is 0 Å². The van der Waals surface area contributed by atoms with Crippen molar-refractivity contribution in [2.75, 3.05) is 7.11 Å². The molecule has 0 N–H and O–H groups in total. The summed E-state index contributed by atoms with van der Waals surface area (Å²) in [6.45, 7) is 4.19. The summed E-state index contributed by atoms with van der Waals surface area (Å²) < 4.78 is 31.0. The maximum absolute atomic E-state index is 11.7. The van der Waals surface area contributed by atoms with Crippen LogP contribution in [-0.4, -0.2) is 20.1 Å². The van der Waals surface area contributed by atoms with Gasteiger partial charge in [-0.3, -0.25) is 0 Å². The third-order valence-electron chi connectivity index (χ3n) is 2.66. The van der Waals surface area contributed by atoms with Gasteiger partial charge in [0.1, 0.15) is 10.6 Å². The summed E-state index contributed by atoms with van der Waals surface area (Å²) in [4.78, 5) is 0.0374. The Hall–Kier alpha value is -0.980. The van der Waals surface area contributed by atoms with Crippen molar-refractivity contribution in [3.63, 3.8) is 0 Å². The van der Waals surface area contributed by atoms with Gasteiger partial charge >= 0.3 is 0 Å². The molecule has 0 aliphatic heterocycles. The van der Waals surface area contributed by atoms with Crippen LogP contribution in [0.2, 0.25) is 0 Å². The second-order valence-corrected chi connectivity index (χ2v) is 7.59. The molecule has 0 aliphatic carbocycles. The van der Waals surface area contributed by atoms with E-state index in [9.17, 15) is 8.42 Å². The largest absolute Gasteiger partial charge is 0.496 e. The summed E-state index contributed by atoms with van der Waals surface area (Å²) >= 11 is 3.26. The molecule has 7 heteroatoms. The summed E-state index contributed by atoms with van der Waals surface area (Å²) in [7, 11) is 3.12. The molecule has 1 aromatic heterocycles. The molecule has 0 spiro atoms. The van der Waals surface area contributed by atoms with E-state index in [-0.39, 0.29) is 4.90 Å². The van der Waals surface area contributed by atoms with Crippen molar-refractivity contribution in [2.45, 2.75) is 11.4 Å². The van der Waals surface area contributed by atoms with Gasteiger partial charge in [0.15, 0.2) is 0 Å². The van der Waals surface area contributed by atoms with Crippen LogP contribution in [0.3, 0.4) is 0 Å². The van der Waals surface area contributed by atoms with E-state index in [0.717, 1.165) is 10.00 Å². The zero-order chi connectivity index (χ0) is 14.2. The average molecular weight is 365 g/mol. The first-order valence-corrected chi connectivity index (χ1v) is 8.38. The Morgan fingerprint density at radius 2 is 2.21 bits per heavy atom. The van der Waals surface area contributed by atoms with Crippen LogP contribution in [0.1, 0.15) is 0 Å². The van der Waals surface area contributed by atoms with Crippen LogP contribution in [0.25, 0.3) is 10.9 Å². The fourth-order valence-electron chi connectivity index (χ4n) is 1.95. The Morgan fingerprint density at radius 3 is 2.74 bits per heavy atom. The summed E-state index contributed by atoms with van der Waals surface area (Å²) in [6, 6.07) is 5.29. The minimum atomic E-state index is -3.85. The maximum atomic E-state index is 11.7. The lowest BCUT2D eigenvalue weighted by atomic mass is 10.2. The van der Waals surface area contributed by atoms with Gasteiger partial charge in [-0.05, 0) is 12.1 Å². The average Bonchev–Trinajstić information content (AvgIpc) is 2.67. The molecule has 2 aromatic rings. The minimum Gasteiger partial charge on any atom is -0.496 e. The number of methoxy groups -OCH3 is 1. The summed E-state index contributed by atoms with van der Waals surface area (Å²) in [5.41, 5.74) is 0.721. The van der Waals surface area contributed by atoms with Crippen LogP contribution in [0.5, 0.6) is 5.75 Å². The molecule has 0 fully saturated rings. The van der Waals surface area contributed by atoms with E-state index in [4.69, 9.17) is 15.4 Å². The zero-order valence-corrected chi connectivity index (χ0v) is 13.2. The monoisotopic (exact) mass is 363 g/mol. The van der Waals surface area contributed by atoms with Crippen molar-refractivity contribution in [1.29, 1.82) is 0 Å². The molecule has 0 atom stereocenters. The number of aromatic nitrogens is 1. The Bertz CT molecular complexity index is 752. The van der Waals surface area contributed by atoms with E-state index >= 15 is 0 Å². The highest BCUT2D eigenvalue weighted by Gasteiger charge is 2.21. The first kappa shape index (κ1) is 14.4. The number of halogens is 2. The number of fused-ring (bicyclic) bond motifs is 1. The number of ether oxygens (including phenoxy) is 1. The molecule has 0 bridgehead atoms. The van der Waals surface area contributed by atoms with Gasteiger partial charge in [0.25, 0.3) is 9.05 Å². The predicted octanol–water partition coefficient (Wildman–Crippen LogP) is 3.49. The van der Waals surface area contributed by atoms with Crippen molar-refractivity contribution >= 4 is 46.6 Å². The lowest BCUT2D eigenvalue weighted by Crippen LogP contribution is -1.95. The molecule has 4 nitrogen and oxygen atoms in total. The molecule has 0 radical (unpaired) electrons. The first-order chi connectivity index (χ1) is 8.84. The molecule has 1 aromatic carbocycles. The van der Waals surface area contributed by atoms with Gasteiger partial charge < -0.3 is 9.30 Å². The Labute approximate surface area is 124 Å².